The molecule has 9 heteroatoms. The summed E-state index contributed by atoms with van der Waals surface area (Å²) in [4.78, 5) is 26.7. The lowest BCUT2D eigenvalue weighted by molar-refractivity contribution is 0.0683. The van der Waals surface area contributed by atoms with E-state index in [1.807, 2.05) is 0 Å². The summed E-state index contributed by atoms with van der Waals surface area (Å²) in [7, 11) is 3.04. The van der Waals surface area contributed by atoms with Crippen molar-refractivity contribution in [3.8, 4) is 28.7 Å². The van der Waals surface area contributed by atoms with Gasteiger partial charge in [-0.3, -0.25) is 9.59 Å². The van der Waals surface area contributed by atoms with Gasteiger partial charge in [-0.2, -0.15) is 0 Å². The van der Waals surface area contributed by atoms with Gasteiger partial charge < -0.3 is 35.0 Å². The summed E-state index contributed by atoms with van der Waals surface area (Å²) in [6, 6.07) is 7.23. The van der Waals surface area contributed by atoms with E-state index in [9.17, 15) is 24.9 Å². The van der Waals surface area contributed by atoms with Gasteiger partial charge in [0.1, 0.15) is 0 Å². The van der Waals surface area contributed by atoms with Crippen molar-refractivity contribution in [3.05, 3.63) is 41.5 Å². The zero-order valence-electron chi connectivity index (χ0n) is 17.4. The topological polar surface area (TPSA) is 129 Å². The molecule has 1 fully saturated rings. The number of hydrogen-bond donors (Lipinski definition) is 4. The van der Waals surface area contributed by atoms with Gasteiger partial charge in [-0.1, -0.05) is 0 Å². The van der Waals surface area contributed by atoms with Crippen LogP contribution in [-0.2, 0) is 0 Å². The number of amides is 2. The molecule has 0 saturated carbocycles. The third-order valence-electron chi connectivity index (χ3n) is 5.42. The van der Waals surface area contributed by atoms with E-state index in [-0.39, 0.29) is 23.3 Å². The molecule has 0 spiro atoms. The number of hydrogen-bond acceptors (Lipinski definition) is 7. The zero-order chi connectivity index (χ0) is 22.5. The first-order valence-electron chi connectivity index (χ1n) is 9.88. The van der Waals surface area contributed by atoms with Crippen LogP contribution >= 0.6 is 0 Å². The van der Waals surface area contributed by atoms with Crippen LogP contribution < -0.4 is 14.8 Å². The second kappa shape index (κ2) is 9.46. The van der Waals surface area contributed by atoms with E-state index >= 15 is 0 Å². The van der Waals surface area contributed by atoms with Gasteiger partial charge in [-0.15, -0.1) is 0 Å². The Morgan fingerprint density at radius 1 is 0.968 bits per heavy atom. The molecule has 3 rings (SSSR count). The molecule has 1 saturated heterocycles. The minimum Gasteiger partial charge on any atom is -0.504 e. The molecular weight excluding hydrogens is 404 g/mol. The molecule has 1 aliphatic heterocycles. The monoisotopic (exact) mass is 430 g/mol. The fourth-order valence-electron chi connectivity index (χ4n) is 3.57. The number of nitrogens with one attached hydrogen (secondary N) is 1. The van der Waals surface area contributed by atoms with Gasteiger partial charge in [-0.05, 0) is 49.1 Å². The van der Waals surface area contributed by atoms with Crippen LogP contribution in [-0.4, -0.2) is 65.9 Å². The molecule has 2 amide bonds. The van der Waals surface area contributed by atoms with Crippen LogP contribution in [0.5, 0.6) is 28.7 Å². The molecule has 0 aliphatic carbocycles. The first-order valence-corrected chi connectivity index (χ1v) is 9.88. The van der Waals surface area contributed by atoms with E-state index in [0.29, 0.717) is 49.5 Å². The maximum Gasteiger partial charge on any atom is 0.254 e. The van der Waals surface area contributed by atoms with Crippen LogP contribution in [0.2, 0.25) is 0 Å². The largest absolute Gasteiger partial charge is 0.504 e. The highest BCUT2D eigenvalue weighted by atomic mass is 16.5. The SMILES string of the molecule is COc1ccc(C(=O)NCC2CCN(C(=O)c3cc(O)c(O)c(O)c3)CC2)cc1OC. The molecule has 2 aromatic carbocycles. The molecule has 31 heavy (non-hydrogen) atoms. The molecule has 0 atom stereocenters. The number of phenolic OH excluding ortho intramolecular Hbond substituents is 3. The number of aromatic hydroxyl groups is 3. The summed E-state index contributed by atoms with van der Waals surface area (Å²) < 4.78 is 10.4. The maximum absolute atomic E-state index is 12.6. The predicted molar refractivity (Wildman–Crippen MR) is 112 cm³/mol. The lowest BCUT2D eigenvalue weighted by Gasteiger charge is -2.32. The highest BCUT2D eigenvalue weighted by molar-refractivity contribution is 5.96. The van der Waals surface area contributed by atoms with Gasteiger partial charge in [0.25, 0.3) is 11.8 Å². The summed E-state index contributed by atoms with van der Waals surface area (Å²) in [5.41, 5.74) is 0.574. The molecule has 9 nitrogen and oxygen atoms in total. The van der Waals surface area contributed by atoms with E-state index in [1.54, 1.807) is 23.1 Å². The van der Waals surface area contributed by atoms with Crippen molar-refractivity contribution in [1.29, 1.82) is 0 Å². The Balaban J connectivity index is 1.52. The van der Waals surface area contributed by atoms with E-state index in [4.69, 9.17) is 9.47 Å². The van der Waals surface area contributed by atoms with Crippen LogP contribution in [0, 0.1) is 5.92 Å². The predicted octanol–water partition coefficient (Wildman–Crippen LogP) is 2.10. The Morgan fingerprint density at radius 2 is 1.58 bits per heavy atom. The van der Waals surface area contributed by atoms with Crippen molar-refractivity contribution in [2.75, 3.05) is 33.9 Å². The summed E-state index contributed by atoms with van der Waals surface area (Å²) in [6.07, 6.45) is 1.40. The minimum atomic E-state index is -0.652. The lowest BCUT2D eigenvalue weighted by Crippen LogP contribution is -2.41. The van der Waals surface area contributed by atoms with Crippen molar-refractivity contribution in [1.82, 2.24) is 10.2 Å². The average molecular weight is 430 g/mol. The number of benzene rings is 2. The molecule has 1 aliphatic rings. The molecule has 0 bridgehead atoms. The van der Waals surface area contributed by atoms with Crippen LogP contribution in [0.3, 0.4) is 0 Å². The Kier molecular flexibility index (Phi) is 6.74. The molecule has 2 aromatic rings. The summed E-state index contributed by atoms with van der Waals surface area (Å²) in [6.45, 7) is 1.45. The van der Waals surface area contributed by atoms with Crippen LogP contribution in [0.1, 0.15) is 33.6 Å². The molecule has 0 unspecified atom stereocenters. The van der Waals surface area contributed by atoms with E-state index in [2.05, 4.69) is 5.32 Å². The number of ether oxygens (including phenoxy) is 2. The summed E-state index contributed by atoms with van der Waals surface area (Å²) in [5, 5.41) is 31.6. The Morgan fingerprint density at radius 3 is 2.16 bits per heavy atom. The number of carbonyl (C=O) groups is 2. The fourth-order valence-corrected chi connectivity index (χ4v) is 3.57. The normalized spacial score (nSPS) is 14.2. The van der Waals surface area contributed by atoms with Gasteiger partial charge in [0, 0.05) is 30.8 Å². The highest BCUT2D eigenvalue weighted by Gasteiger charge is 2.25. The second-order valence-corrected chi connectivity index (χ2v) is 7.38. The Labute approximate surface area is 179 Å². The van der Waals surface area contributed by atoms with Gasteiger partial charge in [0.05, 0.1) is 14.2 Å². The van der Waals surface area contributed by atoms with Gasteiger partial charge in [0.2, 0.25) is 0 Å². The Bertz CT molecular complexity index is 945. The number of carbonyl (C=O) groups excluding carboxylic acids is 2. The minimum absolute atomic E-state index is 0.105. The van der Waals surface area contributed by atoms with E-state index in [1.165, 1.54) is 14.2 Å². The lowest BCUT2D eigenvalue weighted by atomic mass is 9.96. The number of phenols is 3. The second-order valence-electron chi connectivity index (χ2n) is 7.38. The standard InChI is InChI=1S/C22H26N2O7/c1-30-18-4-3-14(11-19(18)31-2)21(28)23-12-13-5-7-24(8-6-13)22(29)15-9-16(25)20(27)17(26)10-15/h3-4,9-11,13,25-27H,5-8,12H2,1-2H3,(H,23,28). The highest BCUT2D eigenvalue weighted by Crippen LogP contribution is 2.36. The molecule has 4 N–H and O–H groups in total. The quantitative estimate of drug-likeness (QED) is 0.517. The summed E-state index contributed by atoms with van der Waals surface area (Å²) in [5.74, 6) is -1.05. The van der Waals surface area contributed by atoms with Crippen molar-refractivity contribution in [2.45, 2.75) is 12.8 Å². The number of methoxy groups -OCH3 is 2. The van der Waals surface area contributed by atoms with Crippen molar-refractivity contribution in [3.63, 3.8) is 0 Å². The number of nitrogens with zero attached hydrogens (tertiary/aromatic N) is 1. The van der Waals surface area contributed by atoms with Crippen LogP contribution in [0.25, 0.3) is 0 Å². The zero-order valence-corrected chi connectivity index (χ0v) is 17.4. The average Bonchev–Trinajstić information content (AvgIpc) is 2.79. The van der Waals surface area contributed by atoms with Gasteiger partial charge in [0.15, 0.2) is 28.7 Å². The third kappa shape index (κ3) is 4.93. The number of likely N-dealkylation sites (tertiary alicyclic amines) is 1. The molecule has 0 aromatic heterocycles. The molecule has 1 heterocycles. The van der Waals surface area contributed by atoms with Gasteiger partial charge >= 0.3 is 0 Å². The van der Waals surface area contributed by atoms with Gasteiger partial charge in [-0.25, -0.2) is 0 Å². The van der Waals surface area contributed by atoms with Crippen LogP contribution in [0.15, 0.2) is 30.3 Å². The summed E-state index contributed by atoms with van der Waals surface area (Å²) >= 11 is 0. The fraction of sp³-hybridized carbons (Fsp3) is 0.364. The van der Waals surface area contributed by atoms with E-state index < -0.39 is 17.2 Å². The first kappa shape index (κ1) is 22.1. The molecule has 166 valence electrons. The molecule has 0 radical (unpaired) electrons. The maximum atomic E-state index is 12.6. The number of piperidine rings is 1. The van der Waals surface area contributed by atoms with Crippen molar-refractivity contribution >= 4 is 11.8 Å². The molecular formula is C22H26N2O7. The number of rotatable bonds is 6. The van der Waals surface area contributed by atoms with E-state index in [0.717, 1.165) is 12.1 Å². The Hall–Kier alpha value is -3.62. The first-order chi connectivity index (χ1) is 14.8. The van der Waals surface area contributed by atoms with Crippen molar-refractivity contribution < 1.29 is 34.4 Å². The van der Waals surface area contributed by atoms with Crippen molar-refractivity contribution in [2.24, 2.45) is 5.92 Å². The smallest absolute Gasteiger partial charge is 0.254 e. The third-order valence-corrected chi connectivity index (χ3v) is 5.42. The van der Waals surface area contributed by atoms with Crippen LogP contribution in [0.4, 0.5) is 0 Å².